The Kier molecular flexibility index (Phi) is 5.37. The standard InChI is InChI=1S/C15H24N2O3S/c1-3-14-6-5-13(10-16)9-15(14)21(18,19)17-7-4-8-20-12(2)11-17/h5-6,9,12H,3-4,7-8,10-11,16H2,1-2H3. The quantitative estimate of drug-likeness (QED) is 0.914. The lowest BCUT2D eigenvalue weighted by molar-refractivity contribution is 0.0752. The van der Waals surface area contributed by atoms with E-state index in [2.05, 4.69) is 0 Å². The van der Waals surface area contributed by atoms with Crippen molar-refractivity contribution in [3.8, 4) is 0 Å². The van der Waals surface area contributed by atoms with E-state index in [1.807, 2.05) is 26.0 Å². The lowest BCUT2D eigenvalue weighted by atomic mass is 10.1. The molecule has 1 saturated heterocycles. The molecule has 2 rings (SSSR count). The second kappa shape index (κ2) is 6.87. The highest BCUT2D eigenvalue weighted by Gasteiger charge is 2.29. The fourth-order valence-electron chi connectivity index (χ4n) is 2.57. The maximum atomic E-state index is 13.0. The molecular weight excluding hydrogens is 288 g/mol. The van der Waals surface area contributed by atoms with Gasteiger partial charge in [0, 0.05) is 26.2 Å². The van der Waals surface area contributed by atoms with Gasteiger partial charge in [-0.3, -0.25) is 0 Å². The Balaban J connectivity index is 2.42. The van der Waals surface area contributed by atoms with E-state index in [4.69, 9.17) is 10.5 Å². The van der Waals surface area contributed by atoms with Gasteiger partial charge in [-0.1, -0.05) is 19.1 Å². The lowest BCUT2D eigenvalue weighted by Crippen LogP contribution is -2.36. The van der Waals surface area contributed by atoms with Gasteiger partial charge in [0.05, 0.1) is 11.0 Å². The van der Waals surface area contributed by atoms with Crippen molar-refractivity contribution in [2.24, 2.45) is 5.73 Å². The van der Waals surface area contributed by atoms with Crippen molar-refractivity contribution < 1.29 is 13.2 Å². The van der Waals surface area contributed by atoms with Gasteiger partial charge in [-0.05, 0) is 37.0 Å². The van der Waals surface area contributed by atoms with Crippen LogP contribution in [0.5, 0.6) is 0 Å². The van der Waals surface area contributed by atoms with Crippen LogP contribution in [-0.4, -0.2) is 38.5 Å². The van der Waals surface area contributed by atoms with Crippen molar-refractivity contribution in [2.75, 3.05) is 19.7 Å². The van der Waals surface area contributed by atoms with Crippen LogP contribution in [0.2, 0.25) is 0 Å². The van der Waals surface area contributed by atoms with Gasteiger partial charge in [-0.25, -0.2) is 8.42 Å². The van der Waals surface area contributed by atoms with Crippen LogP contribution in [0, 0.1) is 0 Å². The van der Waals surface area contributed by atoms with E-state index in [1.165, 1.54) is 0 Å². The van der Waals surface area contributed by atoms with E-state index in [0.29, 0.717) is 37.6 Å². The second-order valence-electron chi connectivity index (χ2n) is 5.40. The van der Waals surface area contributed by atoms with Crippen LogP contribution >= 0.6 is 0 Å². The maximum Gasteiger partial charge on any atom is 0.243 e. The van der Waals surface area contributed by atoms with Gasteiger partial charge in [0.2, 0.25) is 10.0 Å². The molecular formula is C15H24N2O3S. The minimum absolute atomic E-state index is 0.0787. The molecule has 0 aliphatic carbocycles. The Labute approximate surface area is 127 Å². The summed E-state index contributed by atoms with van der Waals surface area (Å²) in [5.41, 5.74) is 7.33. The topological polar surface area (TPSA) is 72.6 Å². The molecule has 1 atom stereocenters. The Morgan fingerprint density at radius 2 is 2.19 bits per heavy atom. The number of ether oxygens (including phenoxy) is 1. The van der Waals surface area contributed by atoms with Crippen LogP contribution in [0.3, 0.4) is 0 Å². The zero-order chi connectivity index (χ0) is 15.5. The Morgan fingerprint density at radius 3 is 2.86 bits per heavy atom. The van der Waals surface area contributed by atoms with Crippen molar-refractivity contribution in [2.45, 2.75) is 44.2 Å². The van der Waals surface area contributed by atoms with Gasteiger partial charge >= 0.3 is 0 Å². The summed E-state index contributed by atoms with van der Waals surface area (Å²) in [7, 11) is -3.50. The first kappa shape index (κ1) is 16.4. The first-order valence-corrected chi connectivity index (χ1v) is 8.86. The molecule has 1 unspecified atom stereocenters. The fourth-order valence-corrected chi connectivity index (χ4v) is 4.47. The molecule has 1 heterocycles. The highest BCUT2D eigenvalue weighted by molar-refractivity contribution is 7.89. The normalized spacial score (nSPS) is 21.2. The van der Waals surface area contributed by atoms with E-state index >= 15 is 0 Å². The third-order valence-corrected chi connectivity index (χ3v) is 5.73. The highest BCUT2D eigenvalue weighted by atomic mass is 32.2. The van der Waals surface area contributed by atoms with Crippen LogP contribution in [0.4, 0.5) is 0 Å². The van der Waals surface area contributed by atoms with Crippen LogP contribution < -0.4 is 5.73 Å². The number of sulfonamides is 1. The van der Waals surface area contributed by atoms with Crippen LogP contribution in [-0.2, 0) is 27.7 Å². The predicted molar refractivity (Wildman–Crippen MR) is 82.5 cm³/mol. The first-order valence-electron chi connectivity index (χ1n) is 7.42. The van der Waals surface area contributed by atoms with E-state index in [9.17, 15) is 8.42 Å². The van der Waals surface area contributed by atoms with Gasteiger partial charge in [-0.15, -0.1) is 0 Å². The largest absolute Gasteiger partial charge is 0.377 e. The average Bonchev–Trinajstić information content (AvgIpc) is 2.71. The molecule has 1 aliphatic rings. The number of benzene rings is 1. The second-order valence-corrected chi connectivity index (χ2v) is 7.30. The summed E-state index contributed by atoms with van der Waals surface area (Å²) >= 11 is 0. The number of hydrogen-bond acceptors (Lipinski definition) is 4. The van der Waals surface area contributed by atoms with Crippen molar-refractivity contribution in [3.63, 3.8) is 0 Å². The fraction of sp³-hybridized carbons (Fsp3) is 0.600. The molecule has 118 valence electrons. The van der Waals surface area contributed by atoms with Crippen LogP contribution in [0.15, 0.2) is 23.1 Å². The van der Waals surface area contributed by atoms with Crippen molar-refractivity contribution in [1.82, 2.24) is 4.31 Å². The smallest absolute Gasteiger partial charge is 0.243 e. The van der Waals surface area contributed by atoms with Gasteiger partial charge < -0.3 is 10.5 Å². The molecule has 0 radical (unpaired) electrons. The summed E-state index contributed by atoms with van der Waals surface area (Å²) in [4.78, 5) is 0.391. The van der Waals surface area contributed by atoms with Crippen LogP contribution in [0.25, 0.3) is 0 Å². The molecule has 21 heavy (non-hydrogen) atoms. The summed E-state index contributed by atoms with van der Waals surface area (Å²) in [6.45, 7) is 5.72. The van der Waals surface area contributed by atoms with E-state index < -0.39 is 10.0 Å². The molecule has 1 aromatic carbocycles. The molecule has 1 aromatic rings. The van der Waals surface area contributed by atoms with E-state index in [-0.39, 0.29) is 6.10 Å². The van der Waals surface area contributed by atoms with E-state index in [0.717, 1.165) is 17.5 Å². The SMILES string of the molecule is CCc1ccc(CN)cc1S(=O)(=O)N1CCCOC(C)C1. The molecule has 0 aromatic heterocycles. The average molecular weight is 312 g/mol. The maximum absolute atomic E-state index is 13.0. The van der Waals surface area contributed by atoms with Crippen molar-refractivity contribution in [3.05, 3.63) is 29.3 Å². The molecule has 6 heteroatoms. The zero-order valence-corrected chi connectivity index (χ0v) is 13.5. The third-order valence-electron chi connectivity index (χ3n) is 3.78. The van der Waals surface area contributed by atoms with E-state index in [1.54, 1.807) is 10.4 Å². The molecule has 2 N–H and O–H groups in total. The summed E-state index contributed by atoms with van der Waals surface area (Å²) in [6.07, 6.45) is 1.33. The van der Waals surface area contributed by atoms with Crippen LogP contribution in [0.1, 0.15) is 31.4 Å². The zero-order valence-electron chi connectivity index (χ0n) is 12.7. The number of hydrogen-bond donors (Lipinski definition) is 1. The number of aryl methyl sites for hydroxylation is 1. The Morgan fingerprint density at radius 1 is 1.43 bits per heavy atom. The molecule has 1 fully saturated rings. The third kappa shape index (κ3) is 3.63. The summed E-state index contributed by atoms with van der Waals surface area (Å²) in [5.74, 6) is 0. The molecule has 5 nitrogen and oxygen atoms in total. The molecule has 0 spiro atoms. The summed E-state index contributed by atoms with van der Waals surface area (Å²) in [6, 6.07) is 5.48. The Bertz CT molecular complexity index is 587. The summed E-state index contributed by atoms with van der Waals surface area (Å²) < 4.78 is 33.0. The predicted octanol–water partition coefficient (Wildman–Crippen LogP) is 1.51. The van der Waals surface area contributed by atoms with Crippen molar-refractivity contribution in [1.29, 1.82) is 0 Å². The highest BCUT2D eigenvalue weighted by Crippen LogP contribution is 2.24. The number of rotatable bonds is 4. The monoisotopic (exact) mass is 312 g/mol. The molecule has 1 aliphatic heterocycles. The molecule has 0 bridgehead atoms. The number of nitrogens with two attached hydrogens (primary N) is 1. The molecule has 0 amide bonds. The van der Waals surface area contributed by atoms with Gasteiger partial charge in [0.25, 0.3) is 0 Å². The molecule has 0 saturated carbocycles. The summed E-state index contributed by atoms with van der Waals surface area (Å²) in [5, 5.41) is 0. The van der Waals surface area contributed by atoms with Gasteiger partial charge in [0.15, 0.2) is 0 Å². The minimum atomic E-state index is -3.50. The van der Waals surface area contributed by atoms with Gasteiger partial charge in [0.1, 0.15) is 0 Å². The Hall–Kier alpha value is -0.950. The lowest BCUT2D eigenvalue weighted by Gasteiger charge is -2.23. The first-order chi connectivity index (χ1) is 9.98. The van der Waals surface area contributed by atoms with Gasteiger partial charge in [-0.2, -0.15) is 4.31 Å². The number of nitrogens with zero attached hydrogens (tertiary/aromatic N) is 1. The minimum Gasteiger partial charge on any atom is -0.377 e. The van der Waals surface area contributed by atoms with Crippen molar-refractivity contribution >= 4 is 10.0 Å².